The summed E-state index contributed by atoms with van der Waals surface area (Å²) >= 11 is 0. The van der Waals surface area contributed by atoms with Gasteiger partial charge in [-0.25, -0.2) is 0 Å². The van der Waals surface area contributed by atoms with Crippen molar-refractivity contribution in [3.63, 3.8) is 0 Å². The first kappa shape index (κ1) is 22.7. The molecule has 154 valence electrons. The molecular formula is C28H42. The maximum Gasteiger partial charge on any atom is -0.0181 e. The van der Waals surface area contributed by atoms with Gasteiger partial charge in [0, 0.05) is 0 Å². The van der Waals surface area contributed by atoms with Crippen LogP contribution in [0.3, 0.4) is 0 Å². The summed E-state index contributed by atoms with van der Waals surface area (Å²) in [5.74, 6) is 1.30. The normalized spacial score (nSPS) is 13.4. The van der Waals surface area contributed by atoms with Gasteiger partial charge in [-0.3, -0.25) is 0 Å². The maximum absolute atomic E-state index is 2.43. The monoisotopic (exact) mass is 378 g/mol. The summed E-state index contributed by atoms with van der Waals surface area (Å²) in [6.45, 7) is 9.35. The molecule has 0 spiro atoms. The van der Waals surface area contributed by atoms with Crippen molar-refractivity contribution >= 4 is 0 Å². The van der Waals surface area contributed by atoms with E-state index in [4.69, 9.17) is 0 Å². The first-order valence-electron chi connectivity index (χ1n) is 11.9. The van der Waals surface area contributed by atoms with E-state index in [2.05, 4.69) is 76.2 Å². The van der Waals surface area contributed by atoms with Crippen LogP contribution in [-0.2, 0) is 0 Å². The second kappa shape index (κ2) is 12.8. The highest BCUT2D eigenvalue weighted by Gasteiger charge is 2.09. The molecule has 0 radical (unpaired) electrons. The van der Waals surface area contributed by atoms with E-state index in [0.29, 0.717) is 11.8 Å². The Labute approximate surface area is 174 Å². The molecule has 0 aromatic heterocycles. The van der Waals surface area contributed by atoms with Gasteiger partial charge in [-0.1, -0.05) is 128 Å². The van der Waals surface area contributed by atoms with Crippen LogP contribution in [-0.4, -0.2) is 0 Å². The maximum atomic E-state index is 2.43. The smallest absolute Gasteiger partial charge is 0.0181 e. The van der Waals surface area contributed by atoms with Crippen molar-refractivity contribution in [2.24, 2.45) is 0 Å². The number of hydrogen-bond donors (Lipinski definition) is 0. The molecule has 28 heavy (non-hydrogen) atoms. The average Bonchev–Trinajstić information content (AvgIpc) is 2.74. The molecule has 0 aliphatic carbocycles. The van der Waals surface area contributed by atoms with Crippen molar-refractivity contribution in [3.8, 4) is 11.1 Å². The van der Waals surface area contributed by atoms with Crippen molar-refractivity contribution in [2.45, 2.75) is 104 Å². The van der Waals surface area contributed by atoms with Crippen molar-refractivity contribution < 1.29 is 0 Å². The zero-order valence-electron chi connectivity index (χ0n) is 18.8. The van der Waals surface area contributed by atoms with Crippen LogP contribution in [0.5, 0.6) is 0 Å². The summed E-state index contributed by atoms with van der Waals surface area (Å²) in [4.78, 5) is 0. The van der Waals surface area contributed by atoms with E-state index < -0.39 is 0 Å². The minimum atomic E-state index is 0.650. The Kier molecular flexibility index (Phi) is 10.4. The van der Waals surface area contributed by atoms with Gasteiger partial charge in [-0.15, -0.1) is 0 Å². The van der Waals surface area contributed by atoms with Crippen molar-refractivity contribution in [2.75, 3.05) is 0 Å². The van der Waals surface area contributed by atoms with Crippen molar-refractivity contribution in [1.82, 2.24) is 0 Å². The summed E-state index contributed by atoms with van der Waals surface area (Å²) in [6.07, 6.45) is 13.4. The van der Waals surface area contributed by atoms with Gasteiger partial charge in [0.2, 0.25) is 0 Å². The summed E-state index contributed by atoms with van der Waals surface area (Å²) in [7, 11) is 0. The number of rotatable bonds is 13. The molecule has 0 heterocycles. The van der Waals surface area contributed by atoms with E-state index in [0.717, 1.165) is 0 Å². The highest BCUT2D eigenvalue weighted by Crippen LogP contribution is 2.30. The van der Waals surface area contributed by atoms with Crippen LogP contribution in [0.2, 0.25) is 0 Å². The third-order valence-electron chi connectivity index (χ3n) is 6.23. The van der Waals surface area contributed by atoms with E-state index in [9.17, 15) is 0 Å². The van der Waals surface area contributed by atoms with Crippen LogP contribution in [0.15, 0.2) is 48.5 Å². The number of hydrogen-bond acceptors (Lipinski definition) is 0. The van der Waals surface area contributed by atoms with Gasteiger partial charge >= 0.3 is 0 Å². The Morgan fingerprint density at radius 2 is 1.00 bits per heavy atom. The first-order valence-corrected chi connectivity index (χ1v) is 11.9. The average molecular weight is 379 g/mol. The predicted octanol–water partition coefficient (Wildman–Crippen LogP) is 9.50. The lowest BCUT2D eigenvalue weighted by atomic mass is 9.90. The van der Waals surface area contributed by atoms with Gasteiger partial charge in [0.05, 0.1) is 0 Å². The molecule has 0 amide bonds. The molecule has 0 heteroatoms. The highest BCUT2D eigenvalue weighted by atomic mass is 14.1. The van der Waals surface area contributed by atoms with Crippen molar-refractivity contribution in [1.29, 1.82) is 0 Å². The van der Waals surface area contributed by atoms with E-state index in [-0.39, 0.29) is 0 Å². The van der Waals surface area contributed by atoms with Crippen LogP contribution in [0.25, 0.3) is 11.1 Å². The lowest BCUT2D eigenvalue weighted by Crippen LogP contribution is -1.96. The van der Waals surface area contributed by atoms with Crippen molar-refractivity contribution in [3.05, 3.63) is 59.7 Å². The lowest BCUT2D eigenvalue weighted by molar-refractivity contribution is 0.580. The van der Waals surface area contributed by atoms with Crippen LogP contribution in [0.4, 0.5) is 0 Å². The highest BCUT2D eigenvalue weighted by molar-refractivity contribution is 5.65. The fraction of sp³-hybridized carbons (Fsp3) is 0.571. The minimum Gasteiger partial charge on any atom is -0.0654 e. The van der Waals surface area contributed by atoms with Crippen LogP contribution in [0, 0.1) is 0 Å². The first-order chi connectivity index (χ1) is 13.7. The summed E-state index contributed by atoms with van der Waals surface area (Å²) < 4.78 is 0. The Morgan fingerprint density at radius 3 is 1.39 bits per heavy atom. The lowest BCUT2D eigenvalue weighted by Gasteiger charge is -2.15. The largest absolute Gasteiger partial charge is 0.0654 e. The summed E-state index contributed by atoms with van der Waals surface area (Å²) in [6, 6.07) is 18.5. The Bertz CT molecular complexity index is 610. The molecule has 2 atom stereocenters. The quantitative estimate of drug-likeness (QED) is 0.304. The van der Waals surface area contributed by atoms with Gasteiger partial charge in [-0.2, -0.15) is 0 Å². The van der Waals surface area contributed by atoms with Crippen LogP contribution >= 0.6 is 0 Å². The number of unbranched alkanes of at least 4 members (excludes halogenated alkanes) is 6. The van der Waals surface area contributed by atoms with Crippen LogP contribution in [0.1, 0.15) is 115 Å². The molecule has 0 nitrogen and oxygen atoms in total. The topological polar surface area (TPSA) is 0 Å². The Hall–Kier alpha value is -1.56. The zero-order valence-corrected chi connectivity index (χ0v) is 18.8. The van der Waals surface area contributed by atoms with Gasteiger partial charge < -0.3 is 0 Å². The molecule has 2 unspecified atom stereocenters. The second-order valence-corrected chi connectivity index (χ2v) is 8.75. The molecule has 0 bridgehead atoms. The molecular weight excluding hydrogens is 336 g/mol. The molecule has 0 saturated heterocycles. The summed E-state index contributed by atoms with van der Waals surface area (Å²) in [5.41, 5.74) is 5.73. The minimum absolute atomic E-state index is 0.650. The number of benzene rings is 2. The molecule has 2 aromatic rings. The Morgan fingerprint density at radius 1 is 0.571 bits per heavy atom. The SMILES string of the molecule is CCCCCCC(C)c1cccc(-c2cccc(C(C)CCCCCC)c2)c1. The molecule has 0 aliphatic heterocycles. The summed E-state index contributed by atoms with van der Waals surface area (Å²) in [5, 5.41) is 0. The van der Waals surface area contributed by atoms with Gasteiger partial charge in [0.15, 0.2) is 0 Å². The Balaban J connectivity index is 2.02. The van der Waals surface area contributed by atoms with Gasteiger partial charge in [0.1, 0.15) is 0 Å². The zero-order chi connectivity index (χ0) is 20.2. The van der Waals surface area contributed by atoms with Gasteiger partial charge in [0.25, 0.3) is 0 Å². The molecule has 0 N–H and O–H groups in total. The van der Waals surface area contributed by atoms with Gasteiger partial charge in [-0.05, 0) is 46.9 Å². The standard InChI is InChI=1S/C28H42/c1-5-7-9-11-15-23(3)25-17-13-19-27(21-25)28-20-14-18-26(22-28)24(4)16-12-10-8-6-2/h13-14,17-24H,5-12,15-16H2,1-4H3. The molecule has 0 saturated carbocycles. The molecule has 2 aromatic carbocycles. The third kappa shape index (κ3) is 7.46. The van der Waals surface area contributed by atoms with E-state index >= 15 is 0 Å². The second-order valence-electron chi connectivity index (χ2n) is 8.75. The predicted molar refractivity (Wildman–Crippen MR) is 126 cm³/mol. The molecule has 2 rings (SSSR count). The van der Waals surface area contributed by atoms with E-state index in [1.807, 2.05) is 0 Å². The fourth-order valence-corrected chi connectivity index (χ4v) is 4.14. The molecule has 0 fully saturated rings. The van der Waals surface area contributed by atoms with Crippen LogP contribution < -0.4 is 0 Å². The molecule has 0 aliphatic rings. The fourth-order valence-electron chi connectivity index (χ4n) is 4.14. The van der Waals surface area contributed by atoms with E-state index in [1.165, 1.54) is 86.5 Å². The third-order valence-corrected chi connectivity index (χ3v) is 6.23. The van der Waals surface area contributed by atoms with E-state index in [1.54, 1.807) is 0 Å².